The van der Waals surface area contributed by atoms with E-state index in [0.717, 1.165) is 30.0 Å². The first-order valence-corrected chi connectivity index (χ1v) is 7.72. The Bertz CT molecular complexity index is 458. The van der Waals surface area contributed by atoms with Gasteiger partial charge in [-0.1, -0.05) is 50.9 Å². The molecule has 0 radical (unpaired) electrons. The van der Waals surface area contributed by atoms with E-state index in [0.29, 0.717) is 5.92 Å². The monoisotopic (exact) mass is 294 g/mol. The van der Waals surface area contributed by atoms with E-state index in [1.54, 1.807) is 0 Å². The number of carbonyl (C=O) groups is 1. The number of amides is 1. The predicted molar refractivity (Wildman–Crippen MR) is 82.6 cm³/mol. The van der Waals surface area contributed by atoms with Gasteiger partial charge in [0.25, 0.3) is 0 Å². The maximum atomic E-state index is 12.5. The Morgan fingerprint density at radius 3 is 2.50 bits per heavy atom. The predicted octanol–water partition coefficient (Wildman–Crippen LogP) is 3.60. The lowest BCUT2D eigenvalue weighted by molar-refractivity contribution is -0.130. The van der Waals surface area contributed by atoms with Crippen LogP contribution in [0.25, 0.3) is 0 Å². The normalized spacial score (nSPS) is 22.9. The standard InChI is InChI=1S/C16H23ClN2O/c1-4-5-14-16(20)19(10-11(2)3)15(18-14)12-6-8-13(17)9-7-12/h6-9,11,14-15,18H,4-5,10H2,1-3H3. The average Bonchev–Trinajstić information content (AvgIpc) is 2.69. The van der Waals surface area contributed by atoms with Gasteiger partial charge in [0.15, 0.2) is 0 Å². The summed E-state index contributed by atoms with van der Waals surface area (Å²) in [6, 6.07) is 7.69. The molecule has 0 saturated carbocycles. The molecule has 1 fully saturated rings. The molecule has 4 heteroatoms. The highest BCUT2D eigenvalue weighted by atomic mass is 35.5. The van der Waals surface area contributed by atoms with Crippen LogP contribution in [0.1, 0.15) is 45.3 Å². The van der Waals surface area contributed by atoms with Crippen molar-refractivity contribution < 1.29 is 4.79 Å². The van der Waals surface area contributed by atoms with E-state index in [2.05, 4.69) is 26.1 Å². The molecular weight excluding hydrogens is 272 g/mol. The molecule has 1 saturated heterocycles. The Morgan fingerprint density at radius 2 is 1.95 bits per heavy atom. The Labute approximate surface area is 126 Å². The zero-order chi connectivity index (χ0) is 14.7. The molecule has 2 rings (SSSR count). The molecule has 1 aliphatic heterocycles. The van der Waals surface area contributed by atoms with Crippen LogP contribution in [0.5, 0.6) is 0 Å². The van der Waals surface area contributed by atoms with Crippen LogP contribution >= 0.6 is 11.6 Å². The first-order chi connectivity index (χ1) is 9.52. The quantitative estimate of drug-likeness (QED) is 0.900. The van der Waals surface area contributed by atoms with Gasteiger partial charge < -0.3 is 4.90 Å². The number of nitrogens with one attached hydrogen (secondary N) is 1. The summed E-state index contributed by atoms with van der Waals surface area (Å²) in [5.41, 5.74) is 1.10. The lowest BCUT2D eigenvalue weighted by atomic mass is 10.1. The summed E-state index contributed by atoms with van der Waals surface area (Å²) in [4.78, 5) is 14.5. The summed E-state index contributed by atoms with van der Waals surface area (Å²) >= 11 is 5.95. The number of carbonyl (C=O) groups excluding carboxylic acids is 1. The van der Waals surface area contributed by atoms with Crippen LogP contribution in [0.3, 0.4) is 0 Å². The number of rotatable bonds is 5. The van der Waals surface area contributed by atoms with Crippen molar-refractivity contribution >= 4 is 17.5 Å². The maximum Gasteiger partial charge on any atom is 0.241 e. The summed E-state index contributed by atoms with van der Waals surface area (Å²) in [5.74, 6) is 0.677. The highest BCUT2D eigenvalue weighted by Gasteiger charge is 2.38. The Morgan fingerprint density at radius 1 is 1.30 bits per heavy atom. The van der Waals surface area contributed by atoms with Gasteiger partial charge >= 0.3 is 0 Å². The summed E-state index contributed by atoms with van der Waals surface area (Å²) in [6.07, 6.45) is 1.86. The third-order valence-corrected chi connectivity index (χ3v) is 3.83. The number of halogens is 1. The van der Waals surface area contributed by atoms with Crippen molar-refractivity contribution in [3.05, 3.63) is 34.9 Å². The van der Waals surface area contributed by atoms with Crippen molar-refractivity contribution in [3.8, 4) is 0 Å². The largest absolute Gasteiger partial charge is 0.321 e. The fraction of sp³-hybridized carbons (Fsp3) is 0.562. The van der Waals surface area contributed by atoms with Gasteiger partial charge in [-0.05, 0) is 30.0 Å². The van der Waals surface area contributed by atoms with E-state index in [4.69, 9.17) is 11.6 Å². The molecule has 1 aliphatic rings. The van der Waals surface area contributed by atoms with E-state index >= 15 is 0 Å². The van der Waals surface area contributed by atoms with E-state index in [1.165, 1.54) is 0 Å². The minimum Gasteiger partial charge on any atom is -0.321 e. The maximum absolute atomic E-state index is 12.5. The lowest BCUT2D eigenvalue weighted by Gasteiger charge is -2.26. The van der Waals surface area contributed by atoms with Crippen LogP contribution in [0.15, 0.2) is 24.3 Å². The topological polar surface area (TPSA) is 32.3 Å². The summed E-state index contributed by atoms with van der Waals surface area (Å²) in [5, 5.41) is 4.19. The zero-order valence-corrected chi connectivity index (χ0v) is 13.2. The Kier molecular flexibility index (Phi) is 5.06. The number of hydrogen-bond donors (Lipinski definition) is 1. The van der Waals surface area contributed by atoms with E-state index < -0.39 is 0 Å². The average molecular weight is 295 g/mol. The van der Waals surface area contributed by atoms with Gasteiger partial charge in [-0.25, -0.2) is 0 Å². The number of nitrogens with zero attached hydrogens (tertiary/aromatic N) is 1. The van der Waals surface area contributed by atoms with Gasteiger partial charge in [0, 0.05) is 11.6 Å². The molecule has 2 atom stereocenters. The molecule has 1 amide bonds. The van der Waals surface area contributed by atoms with Crippen LogP contribution in [0.2, 0.25) is 5.02 Å². The van der Waals surface area contributed by atoms with Crippen molar-refractivity contribution in [2.24, 2.45) is 5.92 Å². The molecular formula is C16H23ClN2O. The molecule has 1 N–H and O–H groups in total. The third-order valence-electron chi connectivity index (χ3n) is 3.58. The molecule has 0 aromatic heterocycles. The first-order valence-electron chi connectivity index (χ1n) is 7.35. The number of hydrogen-bond acceptors (Lipinski definition) is 2. The minimum absolute atomic E-state index is 0.0290. The van der Waals surface area contributed by atoms with E-state index in [-0.39, 0.29) is 18.1 Å². The van der Waals surface area contributed by atoms with Crippen LogP contribution in [-0.2, 0) is 4.79 Å². The molecule has 1 aromatic carbocycles. The van der Waals surface area contributed by atoms with Crippen LogP contribution < -0.4 is 5.32 Å². The second-order valence-corrected chi connectivity index (χ2v) is 6.28. The second-order valence-electron chi connectivity index (χ2n) is 5.85. The smallest absolute Gasteiger partial charge is 0.241 e. The van der Waals surface area contributed by atoms with Gasteiger partial charge in [-0.15, -0.1) is 0 Å². The first kappa shape index (κ1) is 15.3. The molecule has 1 heterocycles. The summed E-state index contributed by atoms with van der Waals surface area (Å²) in [7, 11) is 0. The molecule has 0 bridgehead atoms. The zero-order valence-electron chi connectivity index (χ0n) is 12.4. The highest BCUT2D eigenvalue weighted by Crippen LogP contribution is 2.28. The van der Waals surface area contributed by atoms with Crippen molar-refractivity contribution in [3.63, 3.8) is 0 Å². The van der Waals surface area contributed by atoms with Gasteiger partial charge in [0.05, 0.1) is 6.04 Å². The van der Waals surface area contributed by atoms with Gasteiger partial charge in [0.2, 0.25) is 5.91 Å². The van der Waals surface area contributed by atoms with Gasteiger partial charge in [-0.3, -0.25) is 10.1 Å². The van der Waals surface area contributed by atoms with Gasteiger partial charge in [0.1, 0.15) is 6.17 Å². The fourth-order valence-electron chi connectivity index (χ4n) is 2.68. The van der Waals surface area contributed by atoms with Gasteiger partial charge in [-0.2, -0.15) is 0 Å². The lowest BCUT2D eigenvalue weighted by Crippen LogP contribution is -2.34. The van der Waals surface area contributed by atoms with Crippen molar-refractivity contribution in [2.75, 3.05) is 6.54 Å². The molecule has 1 aromatic rings. The highest BCUT2D eigenvalue weighted by molar-refractivity contribution is 6.30. The van der Waals surface area contributed by atoms with Crippen LogP contribution in [-0.4, -0.2) is 23.4 Å². The molecule has 0 aliphatic carbocycles. The van der Waals surface area contributed by atoms with Crippen LogP contribution in [0.4, 0.5) is 0 Å². The van der Waals surface area contributed by atoms with Crippen molar-refractivity contribution in [1.29, 1.82) is 0 Å². The molecule has 110 valence electrons. The SMILES string of the molecule is CCCC1NC(c2ccc(Cl)cc2)N(CC(C)C)C1=O. The second kappa shape index (κ2) is 6.59. The molecule has 2 unspecified atom stereocenters. The van der Waals surface area contributed by atoms with E-state index in [1.807, 2.05) is 29.2 Å². The summed E-state index contributed by atoms with van der Waals surface area (Å²) in [6.45, 7) is 7.16. The molecule has 0 spiro atoms. The molecule has 20 heavy (non-hydrogen) atoms. The fourth-order valence-corrected chi connectivity index (χ4v) is 2.81. The van der Waals surface area contributed by atoms with Crippen LogP contribution in [0, 0.1) is 5.92 Å². The number of benzene rings is 1. The van der Waals surface area contributed by atoms with Crippen molar-refractivity contribution in [1.82, 2.24) is 10.2 Å². The molecule has 3 nitrogen and oxygen atoms in total. The third kappa shape index (κ3) is 3.33. The Balaban J connectivity index is 2.23. The van der Waals surface area contributed by atoms with Crippen molar-refractivity contribution in [2.45, 2.75) is 45.8 Å². The van der Waals surface area contributed by atoms with E-state index in [9.17, 15) is 4.79 Å². The minimum atomic E-state index is -0.0561. The summed E-state index contributed by atoms with van der Waals surface area (Å²) < 4.78 is 0. The Hall–Kier alpha value is -1.06.